The van der Waals surface area contributed by atoms with Gasteiger partial charge in [0.2, 0.25) is 5.91 Å². The van der Waals surface area contributed by atoms with Crippen molar-refractivity contribution in [3.63, 3.8) is 0 Å². The lowest BCUT2D eigenvalue weighted by molar-refractivity contribution is -0.210. The maximum Gasteiger partial charge on any atom is 0.225 e. The SMILES string of the molecule is CCO[C@H]1C[C@@H](O)C12CCN(C(=O)C1CCCCCC1)CC2. The van der Waals surface area contributed by atoms with E-state index in [2.05, 4.69) is 4.90 Å². The molecule has 4 heteroatoms. The summed E-state index contributed by atoms with van der Waals surface area (Å²) < 4.78 is 5.81. The average molecular weight is 309 g/mol. The molecular formula is C18H31NO3. The van der Waals surface area contributed by atoms with Crippen LogP contribution in [-0.4, -0.2) is 47.8 Å². The molecule has 1 spiro atoms. The van der Waals surface area contributed by atoms with Gasteiger partial charge in [0.05, 0.1) is 12.2 Å². The molecule has 0 bridgehead atoms. The minimum atomic E-state index is -0.237. The lowest BCUT2D eigenvalue weighted by atomic mass is 9.58. The number of carbonyl (C=O) groups is 1. The number of carbonyl (C=O) groups excluding carboxylic acids is 1. The number of hydrogen-bond acceptors (Lipinski definition) is 3. The van der Waals surface area contributed by atoms with Gasteiger partial charge >= 0.3 is 0 Å². The van der Waals surface area contributed by atoms with Gasteiger partial charge in [-0.15, -0.1) is 0 Å². The number of likely N-dealkylation sites (tertiary alicyclic amines) is 1. The first-order valence-corrected chi connectivity index (χ1v) is 9.26. The molecule has 1 N–H and O–H groups in total. The minimum absolute atomic E-state index is 0.0732. The Morgan fingerprint density at radius 3 is 2.36 bits per heavy atom. The Kier molecular flexibility index (Phi) is 5.08. The number of nitrogens with zero attached hydrogens (tertiary/aromatic N) is 1. The summed E-state index contributed by atoms with van der Waals surface area (Å²) in [6.07, 6.45) is 9.67. The molecule has 1 amide bonds. The predicted molar refractivity (Wildman–Crippen MR) is 85.5 cm³/mol. The molecule has 2 aliphatic carbocycles. The van der Waals surface area contributed by atoms with Crippen LogP contribution in [0.1, 0.15) is 64.7 Å². The second-order valence-electron chi connectivity index (χ2n) is 7.44. The number of hydrogen-bond donors (Lipinski definition) is 1. The van der Waals surface area contributed by atoms with Crippen LogP contribution in [0.2, 0.25) is 0 Å². The molecule has 3 fully saturated rings. The average Bonchev–Trinajstić information content (AvgIpc) is 2.83. The van der Waals surface area contributed by atoms with Crippen LogP contribution >= 0.6 is 0 Å². The van der Waals surface area contributed by atoms with Gasteiger partial charge in [-0.1, -0.05) is 25.7 Å². The Labute approximate surface area is 134 Å². The van der Waals surface area contributed by atoms with E-state index in [4.69, 9.17) is 4.74 Å². The highest BCUT2D eigenvalue weighted by Gasteiger charge is 2.56. The Balaban J connectivity index is 1.55. The standard InChI is InChI=1S/C18H31NO3/c1-2-22-16-13-15(20)18(16)9-11-19(12-10-18)17(21)14-7-5-3-4-6-8-14/h14-16,20H,2-13H2,1H3/t15-,16+/m1/s1. The van der Waals surface area contributed by atoms with E-state index in [9.17, 15) is 9.90 Å². The van der Waals surface area contributed by atoms with Crippen LogP contribution in [0.4, 0.5) is 0 Å². The lowest BCUT2D eigenvalue weighted by Crippen LogP contribution is -2.63. The summed E-state index contributed by atoms with van der Waals surface area (Å²) >= 11 is 0. The molecule has 126 valence electrons. The number of piperidine rings is 1. The summed E-state index contributed by atoms with van der Waals surface area (Å²) in [7, 11) is 0. The van der Waals surface area contributed by atoms with Crippen LogP contribution in [0.5, 0.6) is 0 Å². The van der Waals surface area contributed by atoms with Crippen LogP contribution in [-0.2, 0) is 9.53 Å². The number of aliphatic hydroxyl groups is 1. The molecule has 1 heterocycles. The summed E-state index contributed by atoms with van der Waals surface area (Å²) in [4.78, 5) is 14.8. The fourth-order valence-electron chi connectivity index (χ4n) is 4.74. The molecule has 0 radical (unpaired) electrons. The van der Waals surface area contributed by atoms with Crippen molar-refractivity contribution in [1.29, 1.82) is 0 Å². The predicted octanol–water partition coefficient (Wildman–Crippen LogP) is 2.74. The smallest absolute Gasteiger partial charge is 0.225 e. The molecule has 4 nitrogen and oxygen atoms in total. The second-order valence-corrected chi connectivity index (χ2v) is 7.44. The van der Waals surface area contributed by atoms with Crippen molar-refractivity contribution in [2.45, 2.75) is 76.9 Å². The molecule has 22 heavy (non-hydrogen) atoms. The van der Waals surface area contributed by atoms with Crippen molar-refractivity contribution in [1.82, 2.24) is 4.90 Å². The lowest BCUT2D eigenvalue weighted by Gasteiger charge is -2.56. The summed E-state index contributed by atoms with van der Waals surface area (Å²) in [6, 6.07) is 0. The third kappa shape index (κ3) is 2.92. The monoisotopic (exact) mass is 309 g/mol. The van der Waals surface area contributed by atoms with Gasteiger partial charge in [0.15, 0.2) is 0 Å². The van der Waals surface area contributed by atoms with E-state index in [0.717, 1.165) is 45.2 Å². The molecule has 3 rings (SSSR count). The van der Waals surface area contributed by atoms with Gasteiger partial charge in [0.1, 0.15) is 0 Å². The summed E-state index contributed by atoms with van der Waals surface area (Å²) in [5.41, 5.74) is -0.0732. The molecule has 2 saturated carbocycles. The van der Waals surface area contributed by atoms with E-state index in [1.54, 1.807) is 0 Å². The van der Waals surface area contributed by atoms with Crippen LogP contribution in [0.15, 0.2) is 0 Å². The molecule has 2 atom stereocenters. The molecule has 0 unspecified atom stereocenters. The third-order valence-electron chi connectivity index (χ3n) is 6.32. The maximum absolute atomic E-state index is 12.7. The third-order valence-corrected chi connectivity index (χ3v) is 6.32. The fourth-order valence-corrected chi connectivity index (χ4v) is 4.74. The molecule has 3 aliphatic rings. The van der Waals surface area contributed by atoms with Gasteiger partial charge in [0.25, 0.3) is 0 Å². The molecule has 0 aromatic carbocycles. The van der Waals surface area contributed by atoms with Gasteiger partial charge in [-0.2, -0.15) is 0 Å². The molecular weight excluding hydrogens is 278 g/mol. The minimum Gasteiger partial charge on any atom is -0.392 e. The normalized spacial score (nSPS) is 32.5. The zero-order chi connectivity index (χ0) is 15.6. The van der Waals surface area contributed by atoms with E-state index in [1.165, 1.54) is 25.7 Å². The molecule has 0 aromatic rings. The highest BCUT2D eigenvalue weighted by molar-refractivity contribution is 5.79. The van der Waals surface area contributed by atoms with Gasteiger partial charge in [-0.25, -0.2) is 0 Å². The number of aliphatic hydroxyl groups excluding tert-OH is 1. The van der Waals surface area contributed by atoms with Crippen molar-refractivity contribution in [2.24, 2.45) is 11.3 Å². The van der Waals surface area contributed by atoms with Crippen LogP contribution in [0.3, 0.4) is 0 Å². The summed E-state index contributed by atoms with van der Waals surface area (Å²) in [6.45, 7) is 4.33. The molecule has 1 saturated heterocycles. The van der Waals surface area contributed by atoms with Gasteiger partial charge in [-0.3, -0.25) is 4.79 Å². The van der Waals surface area contributed by atoms with E-state index in [-0.39, 0.29) is 23.5 Å². The van der Waals surface area contributed by atoms with Crippen molar-refractivity contribution in [3.8, 4) is 0 Å². The second kappa shape index (κ2) is 6.88. The highest BCUT2D eigenvalue weighted by Crippen LogP contribution is 2.51. The Morgan fingerprint density at radius 1 is 1.18 bits per heavy atom. The Bertz CT molecular complexity index is 380. The number of amides is 1. The van der Waals surface area contributed by atoms with E-state index >= 15 is 0 Å². The Hall–Kier alpha value is -0.610. The van der Waals surface area contributed by atoms with Crippen molar-refractivity contribution in [3.05, 3.63) is 0 Å². The molecule has 0 aromatic heterocycles. The number of rotatable bonds is 3. The highest BCUT2D eigenvalue weighted by atomic mass is 16.5. The van der Waals surface area contributed by atoms with Crippen LogP contribution in [0, 0.1) is 11.3 Å². The van der Waals surface area contributed by atoms with E-state index < -0.39 is 0 Å². The van der Waals surface area contributed by atoms with Gasteiger partial charge in [-0.05, 0) is 32.6 Å². The maximum atomic E-state index is 12.7. The van der Waals surface area contributed by atoms with Crippen LogP contribution in [0.25, 0.3) is 0 Å². The van der Waals surface area contributed by atoms with Gasteiger partial charge < -0.3 is 14.7 Å². The first-order chi connectivity index (χ1) is 10.7. The summed E-state index contributed by atoms with van der Waals surface area (Å²) in [5.74, 6) is 0.629. The van der Waals surface area contributed by atoms with E-state index in [1.807, 2.05) is 6.92 Å². The topological polar surface area (TPSA) is 49.8 Å². The van der Waals surface area contributed by atoms with E-state index in [0.29, 0.717) is 12.5 Å². The quantitative estimate of drug-likeness (QED) is 0.816. The first-order valence-electron chi connectivity index (χ1n) is 9.26. The summed E-state index contributed by atoms with van der Waals surface area (Å²) in [5, 5.41) is 10.2. The van der Waals surface area contributed by atoms with Crippen LogP contribution < -0.4 is 0 Å². The molecule has 1 aliphatic heterocycles. The number of ether oxygens (including phenoxy) is 1. The Morgan fingerprint density at radius 2 is 1.82 bits per heavy atom. The largest absolute Gasteiger partial charge is 0.392 e. The van der Waals surface area contributed by atoms with Crippen molar-refractivity contribution >= 4 is 5.91 Å². The zero-order valence-corrected chi connectivity index (χ0v) is 13.9. The van der Waals surface area contributed by atoms with Crippen molar-refractivity contribution in [2.75, 3.05) is 19.7 Å². The van der Waals surface area contributed by atoms with Crippen molar-refractivity contribution < 1.29 is 14.6 Å². The van der Waals surface area contributed by atoms with Gasteiger partial charge in [0, 0.05) is 37.5 Å². The fraction of sp³-hybridized carbons (Fsp3) is 0.944. The first kappa shape index (κ1) is 16.3. The zero-order valence-electron chi connectivity index (χ0n) is 13.9.